The van der Waals surface area contributed by atoms with E-state index >= 15 is 0 Å². The molecule has 1 saturated heterocycles. The zero-order valence-corrected chi connectivity index (χ0v) is 13.1. The van der Waals surface area contributed by atoms with Crippen LogP contribution in [0.2, 0.25) is 0 Å². The summed E-state index contributed by atoms with van der Waals surface area (Å²) < 4.78 is 21.4. The first-order chi connectivity index (χ1) is 11.6. The van der Waals surface area contributed by atoms with Crippen molar-refractivity contribution in [1.82, 2.24) is 14.5 Å². The van der Waals surface area contributed by atoms with Crippen molar-refractivity contribution in [2.24, 2.45) is 0 Å². The van der Waals surface area contributed by atoms with E-state index in [4.69, 9.17) is 4.74 Å². The fourth-order valence-corrected chi connectivity index (χ4v) is 3.67. The molecule has 7 nitrogen and oxygen atoms in total. The number of aromatic nitrogens is 3. The molecule has 1 aliphatic heterocycles. The maximum Gasteiger partial charge on any atom is 0.164 e. The molecule has 9 heteroatoms. The van der Waals surface area contributed by atoms with E-state index in [1.807, 2.05) is 17.5 Å². The molecule has 1 aliphatic rings. The minimum absolute atomic E-state index is 0.220. The van der Waals surface area contributed by atoms with Gasteiger partial charge in [-0.25, -0.2) is 14.4 Å². The van der Waals surface area contributed by atoms with Crippen LogP contribution in [0.5, 0.6) is 0 Å². The lowest BCUT2D eigenvalue weighted by Gasteiger charge is -2.17. The van der Waals surface area contributed by atoms with Gasteiger partial charge in [-0.1, -0.05) is 6.07 Å². The zero-order chi connectivity index (χ0) is 16.8. The number of rotatable bonds is 3. The van der Waals surface area contributed by atoms with Crippen LogP contribution in [-0.4, -0.2) is 54.8 Å². The van der Waals surface area contributed by atoms with E-state index in [9.17, 15) is 19.7 Å². The molecule has 0 aliphatic carbocycles. The molecule has 0 saturated carbocycles. The molecule has 0 spiro atoms. The lowest BCUT2D eigenvalue weighted by molar-refractivity contribution is -0.0510. The maximum atomic E-state index is 14.6. The van der Waals surface area contributed by atoms with Gasteiger partial charge in [0.2, 0.25) is 0 Å². The minimum Gasteiger partial charge on any atom is -0.394 e. The fraction of sp³-hybridized carbons (Fsp3) is 0.333. The molecule has 3 aromatic heterocycles. The third-order valence-corrected chi connectivity index (χ3v) is 4.99. The fourth-order valence-electron chi connectivity index (χ4n) is 2.94. The average Bonchev–Trinajstić information content (AvgIpc) is 3.29. The molecule has 0 amide bonds. The number of nitrogens with zero attached hydrogens (tertiary/aromatic N) is 3. The predicted molar refractivity (Wildman–Crippen MR) is 83.8 cm³/mol. The molecule has 0 bridgehead atoms. The van der Waals surface area contributed by atoms with Crippen LogP contribution < -0.4 is 0 Å². The summed E-state index contributed by atoms with van der Waals surface area (Å²) in [6.45, 7) is -0.453. The van der Waals surface area contributed by atoms with Crippen molar-refractivity contribution >= 4 is 22.4 Å². The summed E-state index contributed by atoms with van der Waals surface area (Å²) in [4.78, 5) is 9.07. The van der Waals surface area contributed by atoms with Crippen LogP contribution in [0.1, 0.15) is 6.23 Å². The summed E-state index contributed by atoms with van der Waals surface area (Å²) in [5.41, 5.74) is 0.707. The Bertz CT molecular complexity index is 869. The molecule has 3 aromatic rings. The Morgan fingerprint density at radius 1 is 1.29 bits per heavy atom. The third-order valence-electron chi connectivity index (χ3n) is 4.11. The maximum absolute atomic E-state index is 14.6. The zero-order valence-electron chi connectivity index (χ0n) is 12.3. The summed E-state index contributed by atoms with van der Waals surface area (Å²) in [7, 11) is 0. The second-order valence-electron chi connectivity index (χ2n) is 5.51. The average molecular weight is 351 g/mol. The number of ether oxygens (including phenoxy) is 1. The van der Waals surface area contributed by atoms with Crippen molar-refractivity contribution in [2.75, 3.05) is 6.61 Å². The molecule has 24 heavy (non-hydrogen) atoms. The van der Waals surface area contributed by atoms with Crippen LogP contribution in [0.15, 0.2) is 30.0 Å². The summed E-state index contributed by atoms with van der Waals surface area (Å²) >= 11 is 1.43. The number of hydrogen-bond acceptors (Lipinski definition) is 7. The lowest BCUT2D eigenvalue weighted by Crippen LogP contribution is -2.33. The van der Waals surface area contributed by atoms with Crippen LogP contribution in [0, 0.1) is 5.82 Å². The second kappa shape index (κ2) is 5.87. The summed E-state index contributed by atoms with van der Waals surface area (Å²) in [6.07, 6.45) is -2.08. The number of halogens is 1. The van der Waals surface area contributed by atoms with Gasteiger partial charge >= 0.3 is 0 Å². The van der Waals surface area contributed by atoms with Gasteiger partial charge in [0.1, 0.15) is 30.3 Å². The largest absolute Gasteiger partial charge is 0.394 e. The minimum atomic E-state index is -1.31. The van der Waals surface area contributed by atoms with E-state index in [1.165, 1.54) is 22.2 Å². The molecule has 1 unspecified atom stereocenters. The van der Waals surface area contributed by atoms with Gasteiger partial charge in [-0.2, -0.15) is 0 Å². The van der Waals surface area contributed by atoms with Crippen molar-refractivity contribution in [3.05, 3.63) is 35.9 Å². The highest BCUT2D eigenvalue weighted by atomic mass is 32.1. The summed E-state index contributed by atoms with van der Waals surface area (Å²) in [6, 6.07) is 3.67. The highest BCUT2D eigenvalue weighted by Gasteiger charge is 2.44. The molecular weight excluding hydrogens is 337 g/mol. The van der Waals surface area contributed by atoms with Crippen LogP contribution in [-0.2, 0) is 4.74 Å². The topological polar surface area (TPSA) is 101 Å². The summed E-state index contributed by atoms with van der Waals surface area (Å²) in [5.74, 6) is -0.549. The van der Waals surface area contributed by atoms with Crippen LogP contribution in [0.4, 0.5) is 4.39 Å². The number of aliphatic hydroxyl groups is 3. The van der Waals surface area contributed by atoms with Crippen molar-refractivity contribution in [3.63, 3.8) is 0 Å². The normalized spacial score (nSPS) is 27.2. The SMILES string of the molecule is OCC1O[C@@H](n2cc(F)c3c(-c4cccs4)ncnc32)[C@@H](O)[C@H]1O. The van der Waals surface area contributed by atoms with Crippen molar-refractivity contribution in [2.45, 2.75) is 24.5 Å². The number of fused-ring (bicyclic) bond motifs is 1. The van der Waals surface area contributed by atoms with Gasteiger partial charge < -0.3 is 24.6 Å². The van der Waals surface area contributed by atoms with E-state index in [0.29, 0.717) is 5.69 Å². The Labute approximate surface area is 139 Å². The first kappa shape index (κ1) is 15.6. The Kier molecular flexibility index (Phi) is 3.82. The monoisotopic (exact) mass is 351 g/mol. The van der Waals surface area contributed by atoms with Crippen molar-refractivity contribution < 1.29 is 24.4 Å². The standard InChI is InChI=1S/C15H14FN3O4S/c16-7-4-19(15-13(22)12(21)8(5-20)23-15)14-10(7)11(17-6-18-14)9-2-1-3-24-9/h1-4,6,8,12-13,15,20-22H,5H2/t8?,12-,13-,15+/m0/s1. The van der Waals surface area contributed by atoms with Gasteiger partial charge in [0.15, 0.2) is 12.0 Å². The first-order valence-electron chi connectivity index (χ1n) is 7.29. The molecule has 4 heterocycles. The van der Waals surface area contributed by atoms with Gasteiger partial charge in [0, 0.05) is 6.20 Å². The lowest BCUT2D eigenvalue weighted by atomic mass is 10.1. The molecule has 126 valence electrons. The Balaban J connectivity index is 1.86. The predicted octanol–water partition coefficient (Wildman–Crippen LogP) is 0.910. The summed E-state index contributed by atoms with van der Waals surface area (Å²) in [5, 5.41) is 31.4. The van der Waals surface area contributed by atoms with Gasteiger partial charge in [0.25, 0.3) is 0 Å². The molecule has 0 aromatic carbocycles. The molecular formula is C15H14FN3O4S. The van der Waals surface area contributed by atoms with Gasteiger partial charge in [0.05, 0.1) is 22.6 Å². The molecule has 4 rings (SSSR count). The number of aliphatic hydroxyl groups excluding tert-OH is 3. The van der Waals surface area contributed by atoms with E-state index < -0.39 is 37.0 Å². The molecule has 3 N–H and O–H groups in total. The Hall–Kier alpha value is -1.91. The van der Waals surface area contributed by atoms with Gasteiger partial charge in [-0.05, 0) is 11.4 Å². The van der Waals surface area contributed by atoms with Gasteiger partial charge in [-0.15, -0.1) is 11.3 Å². The Morgan fingerprint density at radius 3 is 2.79 bits per heavy atom. The molecule has 1 fully saturated rings. The highest BCUT2D eigenvalue weighted by molar-refractivity contribution is 7.13. The van der Waals surface area contributed by atoms with E-state index in [-0.39, 0.29) is 11.0 Å². The molecule has 0 radical (unpaired) electrons. The van der Waals surface area contributed by atoms with Crippen molar-refractivity contribution in [1.29, 1.82) is 0 Å². The smallest absolute Gasteiger partial charge is 0.164 e. The van der Waals surface area contributed by atoms with E-state index in [1.54, 1.807) is 0 Å². The van der Waals surface area contributed by atoms with Crippen LogP contribution >= 0.6 is 11.3 Å². The van der Waals surface area contributed by atoms with E-state index in [0.717, 1.165) is 11.1 Å². The second-order valence-corrected chi connectivity index (χ2v) is 6.46. The van der Waals surface area contributed by atoms with Gasteiger partial charge in [-0.3, -0.25) is 0 Å². The van der Waals surface area contributed by atoms with Crippen LogP contribution in [0.3, 0.4) is 0 Å². The highest BCUT2D eigenvalue weighted by Crippen LogP contribution is 2.36. The number of hydrogen-bond donors (Lipinski definition) is 3. The van der Waals surface area contributed by atoms with Crippen molar-refractivity contribution in [3.8, 4) is 10.6 Å². The first-order valence-corrected chi connectivity index (χ1v) is 8.17. The Morgan fingerprint density at radius 2 is 2.12 bits per heavy atom. The van der Waals surface area contributed by atoms with E-state index in [2.05, 4.69) is 9.97 Å². The third kappa shape index (κ3) is 2.25. The van der Waals surface area contributed by atoms with Crippen LogP contribution in [0.25, 0.3) is 21.6 Å². The number of thiophene rings is 1. The quantitative estimate of drug-likeness (QED) is 0.649. The molecule has 4 atom stereocenters.